The quantitative estimate of drug-likeness (QED) is 0.696. The summed E-state index contributed by atoms with van der Waals surface area (Å²) < 4.78 is 6.66. The molecule has 27 heavy (non-hydrogen) atoms. The first-order chi connectivity index (χ1) is 12.9. The Morgan fingerprint density at radius 1 is 1.19 bits per heavy atom. The number of nitrogens with one attached hydrogen (secondary N) is 1. The molecule has 0 fully saturated rings. The van der Waals surface area contributed by atoms with E-state index in [1.165, 1.54) is 17.0 Å². The number of esters is 1. The van der Waals surface area contributed by atoms with E-state index in [4.69, 9.17) is 4.74 Å². The molecule has 0 aliphatic rings. The number of aromatic nitrogens is 4. The molecule has 3 rings (SSSR count). The van der Waals surface area contributed by atoms with Crippen molar-refractivity contribution in [3.8, 4) is 0 Å². The van der Waals surface area contributed by atoms with Crippen molar-refractivity contribution in [2.75, 3.05) is 5.32 Å². The molecule has 2 heterocycles. The molecule has 0 unspecified atom stereocenters. The van der Waals surface area contributed by atoms with Gasteiger partial charge in [0.15, 0.2) is 6.10 Å². The summed E-state index contributed by atoms with van der Waals surface area (Å²) in [6, 6.07) is 9.32. The molecule has 0 aliphatic carbocycles. The van der Waals surface area contributed by atoms with Crippen LogP contribution in [0.3, 0.4) is 0 Å². The average molecular weight is 367 g/mol. The SMILES string of the molecule is CCc1ccc(NC(=O)[C@@H](C)OC(=O)c2nc3nc(C)cc(C)n3n2)cc1. The Morgan fingerprint density at radius 2 is 1.89 bits per heavy atom. The van der Waals surface area contributed by atoms with Crippen molar-refractivity contribution >= 4 is 23.3 Å². The molecule has 140 valence electrons. The summed E-state index contributed by atoms with van der Waals surface area (Å²) in [6.07, 6.45) is -0.0759. The zero-order valence-corrected chi connectivity index (χ0v) is 15.7. The first kappa shape index (κ1) is 18.5. The number of aryl methyl sites for hydroxylation is 3. The van der Waals surface area contributed by atoms with E-state index < -0.39 is 18.0 Å². The third kappa shape index (κ3) is 4.11. The van der Waals surface area contributed by atoms with E-state index in [9.17, 15) is 9.59 Å². The van der Waals surface area contributed by atoms with Crippen LogP contribution in [-0.4, -0.2) is 37.6 Å². The van der Waals surface area contributed by atoms with Crippen molar-refractivity contribution < 1.29 is 14.3 Å². The number of carbonyl (C=O) groups is 2. The van der Waals surface area contributed by atoms with Crippen molar-refractivity contribution in [1.82, 2.24) is 19.6 Å². The average Bonchev–Trinajstić information content (AvgIpc) is 3.06. The smallest absolute Gasteiger partial charge is 0.379 e. The number of anilines is 1. The Kier molecular flexibility index (Phi) is 5.16. The highest BCUT2D eigenvalue weighted by Crippen LogP contribution is 2.12. The Morgan fingerprint density at radius 3 is 2.56 bits per heavy atom. The van der Waals surface area contributed by atoms with Crippen LogP contribution in [0.5, 0.6) is 0 Å². The predicted molar refractivity (Wildman–Crippen MR) is 99.6 cm³/mol. The van der Waals surface area contributed by atoms with Gasteiger partial charge in [-0.1, -0.05) is 19.1 Å². The van der Waals surface area contributed by atoms with Gasteiger partial charge in [-0.15, -0.1) is 5.10 Å². The zero-order chi connectivity index (χ0) is 19.6. The maximum atomic E-state index is 12.3. The fourth-order valence-corrected chi connectivity index (χ4v) is 2.59. The van der Waals surface area contributed by atoms with Gasteiger partial charge in [0.25, 0.3) is 17.5 Å². The fourth-order valence-electron chi connectivity index (χ4n) is 2.59. The number of fused-ring (bicyclic) bond motifs is 1. The van der Waals surface area contributed by atoms with Gasteiger partial charge < -0.3 is 10.1 Å². The van der Waals surface area contributed by atoms with Gasteiger partial charge in [-0.2, -0.15) is 4.98 Å². The predicted octanol–water partition coefficient (Wildman–Crippen LogP) is 2.49. The fraction of sp³-hybridized carbons (Fsp3) is 0.316. The molecule has 0 radical (unpaired) electrons. The van der Waals surface area contributed by atoms with Crippen molar-refractivity contribution in [3.05, 3.63) is 53.1 Å². The number of benzene rings is 1. The lowest BCUT2D eigenvalue weighted by atomic mass is 10.1. The van der Waals surface area contributed by atoms with E-state index in [1.807, 2.05) is 44.2 Å². The Hall–Kier alpha value is -3.29. The summed E-state index contributed by atoms with van der Waals surface area (Å²) in [4.78, 5) is 32.9. The van der Waals surface area contributed by atoms with Gasteiger partial charge in [0.1, 0.15) is 0 Å². The lowest BCUT2D eigenvalue weighted by Crippen LogP contribution is -2.30. The third-order valence-corrected chi connectivity index (χ3v) is 4.08. The van der Waals surface area contributed by atoms with Gasteiger partial charge in [0.2, 0.25) is 0 Å². The first-order valence-electron chi connectivity index (χ1n) is 8.69. The number of hydrogen-bond donors (Lipinski definition) is 1. The van der Waals surface area contributed by atoms with Crippen LogP contribution < -0.4 is 5.32 Å². The van der Waals surface area contributed by atoms with Crippen molar-refractivity contribution in [1.29, 1.82) is 0 Å². The van der Waals surface area contributed by atoms with Crippen LogP contribution >= 0.6 is 0 Å². The maximum Gasteiger partial charge on any atom is 0.379 e. The number of amides is 1. The highest BCUT2D eigenvalue weighted by Gasteiger charge is 2.23. The molecule has 0 saturated carbocycles. The summed E-state index contributed by atoms with van der Waals surface area (Å²) in [5.41, 5.74) is 3.38. The molecule has 0 saturated heterocycles. The monoisotopic (exact) mass is 367 g/mol. The second-order valence-electron chi connectivity index (χ2n) is 6.27. The second-order valence-corrected chi connectivity index (χ2v) is 6.27. The summed E-state index contributed by atoms with van der Waals surface area (Å²) >= 11 is 0. The molecule has 8 heteroatoms. The number of ether oxygens (including phenoxy) is 1. The van der Waals surface area contributed by atoms with E-state index in [0.29, 0.717) is 11.5 Å². The van der Waals surface area contributed by atoms with Gasteiger partial charge >= 0.3 is 5.97 Å². The number of hydrogen-bond acceptors (Lipinski definition) is 6. The van der Waals surface area contributed by atoms with Crippen molar-refractivity contribution in [2.45, 2.75) is 40.2 Å². The molecule has 0 spiro atoms. The van der Waals surface area contributed by atoms with E-state index in [1.54, 1.807) is 0 Å². The second kappa shape index (κ2) is 7.53. The topological polar surface area (TPSA) is 98.5 Å². The van der Waals surface area contributed by atoms with Crippen LogP contribution in [0, 0.1) is 13.8 Å². The number of nitrogens with zero attached hydrogens (tertiary/aromatic N) is 4. The van der Waals surface area contributed by atoms with E-state index in [0.717, 1.165) is 17.8 Å². The normalized spacial score (nSPS) is 12.0. The highest BCUT2D eigenvalue weighted by atomic mass is 16.5. The molecule has 2 aromatic heterocycles. The van der Waals surface area contributed by atoms with Crippen LogP contribution in [0.2, 0.25) is 0 Å². The van der Waals surface area contributed by atoms with E-state index in [2.05, 4.69) is 27.3 Å². The molecule has 1 aromatic carbocycles. The lowest BCUT2D eigenvalue weighted by Gasteiger charge is -2.12. The largest absolute Gasteiger partial charge is 0.447 e. The molecular weight excluding hydrogens is 346 g/mol. The number of rotatable bonds is 5. The lowest BCUT2D eigenvalue weighted by molar-refractivity contribution is -0.123. The van der Waals surface area contributed by atoms with E-state index in [-0.39, 0.29) is 5.82 Å². The Balaban J connectivity index is 1.67. The van der Waals surface area contributed by atoms with Crippen LogP contribution in [0.25, 0.3) is 5.78 Å². The van der Waals surface area contributed by atoms with Gasteiger partial charge in [-0.05, 0) is 51.0 Å². The maximum absolute atomic E-state index is 12.3. The first-order valence-corrected chi connectivity index (χ1v) is 8.69. The van der Waals surface area contributed by atoms with Crippen LogP contribution in [0.1, 0.15) is 41.4 Å². The molecule has 0 aliphatic heterocycles. The standard InChI is InChI=1S/C19H21N5O3/c1-5-14-6-8-15(9-7-14)21-17(25)13(4)27-18(26)16-22-19-20-11(2)10-12(3)24(19)23-16/h6-10,13H,5H2,1-4H3,(H,21,25)/t13-/m1/s1. The minimum atomic E-state index is -0.995. The minimum absolute atomic E-state index is 0.136. The molecule has 1 N–H and O–H groups in total. The highest BCUT2D eigenvalue weighted by molar-refractivity contribution is 5.96. The van der Waals surface area contributed by atoms with Gasteiger partial charge in [0, 0.05) is 17.1 Å². The number of carbonyl (C=O) groups excluding carboxylic acids is 2. The zero-order valence-electron chi connectivity index (χ0n) is 15.7. The van der Waals surface area contributed by atoms with Crippen molar-refractivity contribution in [2.24, 2.45) is 0 Å². The molecular formula is C19H21N5O3. The molecule has 3 aromatic rings. The third-order valence-electron chi connectivity index (χ3n) is 4.08. The molecule has 1 amide bonds. The molecule has 0 bridgehead atoms. The van der Waals surface area contributed by atoms with E-state index >= 15 is 0 Å². The summed E-state index contributed by atoms with van der Waals surface area (Å²) in [7, 11) is 0. The minimum Gasteiger partial charge on any atom is -0.447 e. The Bertz CT molecular complexity index is 994. The Labute approximate surface area is 156 Å². The summed E-state index contributed by atoms with van der Waals surface area (Å²) in [5, 5.41) is 6.82. The van der Waals surface area contributed by atoms with Crippen LogP contribution in [0.15, 0.2) is 30.3 Å². The summed E-state index contributed by atoms with van der Waals surface area (Å²) in [6.45, 7) is 7.22. The van der Waals surface area contributed by atoms with Gasteiger partial charge in [-0.25, -0.2) is 14.3 Å². The van der Waals surface area contributed by atoms with Crippen molar-refractivity contribution in [3.63, 3.8) is 0 Å². The van der Waals surface area contributed by atoms with Gasteiger partial charge in [-0.3, -0.25) is 4.79 Å². The molecule has 1 atom stereocenters. The molecule has 8 nitrogen and oxygen atoms in total. The summed E-state index contributed by atoms with van der Waals surface area (Å²) in [5.74, 6) is -1.03. The van der Waals surface area contributed by atoms with Gasteiger partial charge in [0.05, 0.1) is 0 Å². The van der Waals surface area contributed by atoms with Crippen LogP contribution in [-0.2, 0) is 16.0 Å². The van der Waals surface area contributed by atoms with Crippen LogP contribution in [0.4, 0.5) is 5.69 Å².